The summed E-state index contributed by atoms with van der Waals surface area (Å²) in [6.45, 7) is 1.98. The molecule has 2 rings (SSSR count). The topological polar surface area (TPSA) is 54.0 Å². The van der Waals surface area contributed by atoms with Gasteiger partial charge in [0.05, 0.1) is 5.01 Å². The Morgan fingerprint density at radius 3 is 3.31 bits per heavy atom. The fourth-order valence-corrected chi connectivity index (χ4v) is 2.49. The zero-order valence-electron chi connectivity index (χ0n) is 9.24. The Morgan fingerprint density at radius 1 is 1.69 bits per heavy atom. The third-order valence-corrected chi connectivity index (χ3v) is 3.55. The van der Waals surface area contributed by atoms with Crippen molar-refractivity contribution in [3.63, 3.8) is 0 Å². The first-order chi connectivity index (χ1) is 7.84. The molecule has 4 nitrogen and oxygen atoms in total. The van der Waals surface area contributed by atoms with E-state index in [-0.39, 0.29) is 5.91 Å². The maximum absolute atomic E-state index is 11.6. The van der Waals surface area contributed by atoms with Crippen molar-refractivity contribution >= 4 is 17.2 Å². The average Bonchev–Trinajstić information content (AvgIpc) is 2.81. The molecule has 1 aromatic rings. The highest BCUT2D eigenvalue weighted by Crippen LogP contribution is 2.07. The van der Waals surface area contributed by atoms with Crippen LogP contribution in [0.4, 0.5) is 0 Å². The summed E-state index contributed by atoms with van der Waals surface area (Å²) in [4.78, 5) is 15.8. The van der Waals surface area contributed by atoms with Crippen molar-refractivity contribution in [1.82, 2.24) is 15.6 Å². The molecule has 1 aliphatic heterocycles. The number of amides is 1. The van der Waals surface area contributed by atoms with Crippen LogP contribution in [0.5, 0.6) is 0 Å². The molecule has 16 heavy (non-hydrogen) atoms. The van der Waals surface area contributed by atoms with Gasteiger partial charge >= 0.3 is 0 Å². The lowest BCUT2D eigenvalue weighted by Gasteiger charge is -2.23. The molecule has 1 aliphatic rings. The molecule has 1 atom stereocenters. The predicted octanol–water partition coefficient (Wildman–Crippen LogP) is 0.944. The molecule has 1 saturated heterocycles. The van der Waals surface area contributed by atoms with E-state index >= 15 is 0 Å². The number of aryl methyl sites for hydroxylation is 1. The Balaban J connectivity index is 1.67. The average molecular weight is 239 g/mol. The number of thiazole rings is 1. The lowest BCUT2D eigenvalue weighted by molar-refractivity contribution is -0.121. The summed E-state index contributed by atoms with van der Waals surface area (Å²) in [5, 5.41) is 9.32. The highest BCUT2D eigenvalue weighted by Gasteiger charge is 2.15. The summed E-state index contributed by atoms with van der Waals surface area (Å²) in [5.41, 5.74) is 0. The third-order valence-electron chi connectivity index (χ3n) is 2.71. The first-order valence-corrected chi connectivity index (χ1v) is 6.61. The number of carbonyl (C=O) groups is 1. The monoisotopic (exact) mass is 239 g/mol. The molecule has 0 aliphatic carbocycles. The van der Waals surface area contributed by atoms with Gasteiger partial charge in [0.2, 0.25) is 5.91 Å². The van der Waals surface area contributed by atoms with Gasteiger partial charge in [-0.15, -0.1) is 11.3 Å². The van der Waals surface area contributed by atoms with E-state index in [1.54, 1.807) is 17.5 Å². The van der Waals surface area contributed by atoms with Crippen LogP contribution in [0.1, 0.15) is 24.3 Å². The Hall–Kier alpha value is -0.940. The van der Waals surface area contributed by atoms with E-state index in [0.717, 1.165) is 37.4 Å². The maximum Gasteiger partial charge on any atom is 0.220 e. The van der Waals surface area contributed by atoms with Crippen LogP contribution in [-0.2, 0) is 11.2 Å². The van der Waals surface area contributed by atoms with Crippen molar-refractivity contribution in [2.75, 3.05) is 13.1 Å². The summed E-state index contributed by atoms with van der Waals surface area (Å²) in [6.07, 6.45) is 5.32. The second-order valence-electron chi connectivity index (χ2n) is 4.04. The van der Waals surface area contributed by atoms with Crippen LogP contribution < -0.4 is 10.6 Å². The van der Waals surface area contributed by atoms with Gasteiger partial charge in [-0.2, -0.15) is 0 Å². The van der Waals surface area contributed by atoms with E-state index in [4.69, 9.17) is 0 Å². The van der Waals surface area contributed by atoms with Crippen LogP contribution in [-0.4, -0.2) is 30.0 Å². The Kier molecular flexibility index (Phi) is 4.30. The lowest BCUT2D eigenvalue weighted by atomic mass is 10.1. The van der Waals surface area contributed by atoms with Gasteiger partial charge in [-0.25, -0.2) is 4.98 Å². The molecule has 0 aromatic carbocycles. The van der Waals surface area contributed by atoms with Crippen LogP contribution in [0.15, 0.2) is 11.6 Å². The van der Waals surface area contributed by atoms with E-state index in [1.807, 2.05) is 5.38 Å². The van der Waals surface area contributed by atoms with Crippen molar-refractivity contribution in [1.29, 1.82) is 0 Å². The fraction of sp³-hybridized carbons (Fsp3) is 0.636. The van der Waals surface area contributed by atoms with E-state index in [2.05, 4.69) is 15.6 Å². The highest BCUT2D eigenvalue weighted by atomic mass is 32.1. The standard InChI is InChI=1S/C11H17N3OS/c15-10(3-4-11-13-6-7-16-11)14-9-2-1-5-12-8-9/h6-7,9,12H,1-5,8H2,(H,14,15)/t9-/m0/s1. The Morgan fingerprint density at radius 2 is 2.62 bits per heavy atom. The largest absolute Gasteiger partial charge is 0.352 e. The van der Waals surface area contributed by atoms with Gasteiger partial charge in [0.15, 0.2) is 0 Å². The predicted molar refractivity (Wildman–Crippen MR) is 64.5 cm³/mol. The molecular weight excluding hydrogens is 222 g/mol. The molecule has 2 heterocycles. The molecule has 0 saturated carbocycles. The second-order valence-corrected chi connectivity index (χ2v) is 5.02. The molecule has 0 spiro atoms. The minimum Gasteiger partial charge on any atom is -0.352 e. The Labute approximate surface area is 99.5 Å². The van der Waals surface area contributed by atoms with E-state index in [0.29, 0.717) is 12.5 Å². The van der Waals surface area contributed by atoms with E-state index in [9.17, 15) is 4.79 Å². The van der Waals surface area contributed by atoms with Crippen molar-refractivity contribution in [3.05, 3.63) is 16.6 Å². The quantitative estimate of drug-likeness (QED) is 0.822. The number of nitrogens with zero attached hydrogens (tertiary/aromatic N) is 1. The van der Waals surface area contributed by atoms with Crippen molar-refractivity contribution in [2.45, 2.75) is 31.7 Å². The molecule has 0 unspecified atom stereocenters. The van der Waals surface area contributed by atoms with Crippen LogP contribution >= 0.6 is 11.3 Å². The van der Waals surface area contributed by atoms with Gasteiger partial charge in [0.25, 0.3) is 0 Å². The summed E-state index contributed by atoms with van der Waals surface area (Å²) in [7, 11) is 0. The van der Waals surface area contributed by atoms with Gasteiger partial charge in [0.1, 0.15) is 0 Å². The van der Waals surface area contributed by atoms with Crippen LogP contribution in [0.2, 0.25) is 0 Å². The molecule has 1 fully saturated rings. The minimum absolute atomic E-state index is 0.143. The van der Waals surface area contributed by atoms with Gasteiger partial charge in [-0.05, 0) is 19.4 Å². The number of hydrogen-bond donors (Lipinski definition) is 2. The zero-order chi connectivity index (χ0) is 11.2. The normalized spacial score (nSPS) is 20.6. The third kappa shape index (κ3) is 3.57. The summed E-state index contributed by atoms with van der Waals surface area (Å²) < 4.78 is 0. The second kappa shape index (κ2) is 5.96. The number of piperidine rings is 1. The van der Waals surface area contributed by atoms with Gasteiger partial charge in [-0.1, -0.05) is 0 Å². The van der Waals surface area contributed by atoms with Crippen molar-refractivity contribution in [2.24, 2.45) is 0 Å². The lowest BCUT2D eigenvalue weighted by Crippen LogP contribution is -2.45. The van der Waals surface area contributed by atoms with E-state index in [1.165, 1.54) is 0 Å². The number of rotatable bonds is 4. The highest BCUT2D eigenvalue weighted by molar-refractivity contribution is 7.09. The number of aromatic nitrogens is 1. The molecule has 1 amide bonds. The maximum atomic E-state index is 11.6. The Bertz CT molecular complexity index is 320. The molecule has 1 aromatic heterocycles. The molecule has 88 valence electrons. The van der Waals surface area contributed by atoms with Crippen LogP contribution in [0, 0.1) is 0 Å². The van der Waals surface area contributed by atoms with E-state index < -0.39 is 0 Å². The first-order valence-electron chi connectivity index (χ1n) is 5.73. The SMILES string of the molecule is O=C(CCc1nccs1)N[C@H]1CCCNC1. The molecular formula is C11H17N3OS. The molecule has 0 bridgehead atoms. The van der Waals surface area contributed by atoms with Gasteiger partial charge < -0.3 is 10.6 Å². The number of nitrogens with one attached hydrogen (secondary N) is 2. The summed E-state index contributed by atoms with van der Waals surface area (Å²) >= 11 is 1.61. The first kappa shape index (κ1) is 11.5. The molecule has 5 heteroatoms. The van der Waals surface area contributed by atoms with Crippen molar-refractivity contribution < 1.29 is 4.79 Å². The molecule has 0 radical (unpaired) electrons. The minimum atomic E-state index is 0.143. The van der Waals surface area contributed by atoms with Gasteiger partial charge in [0, 0.05) is 37.0 Å². The summed E-state index contributed by atoms with van der Waals surface area (Å²) in [6, 6.07) is 0.317. The van der Waals surface area contributed by atoms with Crippen molar-refractivity contribution in [3.8, 4) is 0 Å². The number of carbonyl (C=O) groups excluding carboxylic acids is 1. The van der Waals surface area contributed by atoms with Gasteiger partial charge in [-0.3, -0.25) is 4.79 Å². The van der Waals surface area contributed by atoms with Crippen LogP contribution in [0.3, 0.4) is 0 Å². The fourth-order valence-electron chi connectivity index (χ4n) is 1.87. The number of hydrogen-bond acceptors (Lipinski definition) is 4. The molecule has 2 N–H and O–H groups in total. The zero-order valence-corrected chi connectivity index (χ0v) is 10.1. The smallest absolute Gasteiger partial charge is 0.220 e. The van der Waals surface area contributed by atoms with Crippen LogP contribution in [0.25, 0.3) is 0 Å². The summed E-state index contributed by atoms with van der Waals surface area (Å²) in [5.74, 6) is 0.143.